The monoisotopic (exact) mass is 544 g/mol. The first-order chi connectivity index (χ1) is 18.5. The van der Waals surface area contributed by atoms with Crippen LogP contribution in [0.5, 0.6) is 0 Å². The number of benzene rings is 2. The van der Waals surface area contributed by atoms with Crippen molar-refractivity contribution < 1.29 is 14.3 Å². The van der Waals surface area contributed by atoms with Gasteiger partial charge in [0.05, 0.1) is 16.4 Å². The molecule has 1 unspecified atom stereocenters. The fourth-order valence-corrected chi connectivity index (χ4v) is 6.25. The molecule has 0 aliphatic heterocycles. The molecule has 8 heteroatoms. The number of rotatable bonds is 6. The quantitative estimate of drug-likeness (QED) is 0.230. The number of carbonyl (C=O) groups is 2. The number of hydrogen-bond donors (Lipinski definition) is 3. The van der Waals surface area contributed by atoms with E-state index in [4.69, 9.17) is 15.5 Å². The van der Waals surface area contributed by atoms with Crippen LogP contribution in [0.2, 0.25) is 0 Å². The third-order valence-electron chi connectivity index (χ3n) is 7.40. The largest absolute Gasteiger partial charge is 0.444 e. The van der Waals surface area contributed by atoms with E-state index in [0.29, 0.717) is 10.6 Å². The highest BCUT2D eigenvalue weighted by molar-refractivity contribution is 7.20. The highest BCUT2D eigenvalue weighted by atomic mass is 32.1. The molecule has 4 aromatic rings. The van der Waals surface area contributed by atoms with Gasteiger partial charge in [-0.05, 0) is 86.6 Å². The molecule has 2 aromatic heterocycles. The number of nitrogens with zero attached hydrogens (tertiary/aromatic N) is 1. The van der Waals surface area contributed by atoms with E-state index in [1.807, 2.05) is 18.2 Å². The molecule has 1 atom stereocenters. The molecule has 2 aromatic carbocycles. The number of pyridine rings is 1. The summed E-state index contributed by atoms with van der Waals surface area (Å²) in [4.78, 5) is 32.0. The van der Waals surface area contributed by atoms with Gasteiger partial charge in [0.25, 0.3) is 5.91 Å². The molecule has 0 bridgehead atoms. The summed E-state index contributed by atoms with van der Waals surface area (Å²) >= 11 is 1.36. The van der Waals surface area contributed by atoms with Gasteiger partial charge in [-0.15, -0.1) is 11.3 Å². The van der Waals surface area contributed by atoms with E-state index in [9.17, 15) is 9.59 Å². The molecule has 0 spiro atoms. The lowest BCUT2D eigenvalue weighted by Gasteiger charge is -2.24. The minimum Gasteiger partial charge on any atom is -0.444 e. The Morgan fingerprint density at radius 3 is 2.56 bits per heavy atom. The van der Waals surface area contributed by atoms with Crippen LogP contribution < -0.4 is 16.4 Å². The van der Waals surface area contributed by atoms with Crippen molar-refractivity contribution in [1.29, 1.82) is 0 Å². The van der Waals surface area contributed by atoms with Crippen molar-refractivity contribution in [3.63, 3.8) is 0 Å². The van der Waals surface area contributed by atoms with Gasteiger partial charge in [0.1, 0.15) is 10.4 Å². The van der Waals surface area contributed by atoms with Crippen LogP contribution >= 0.6 is 11.3 Å². The second-order valence-electron chi connectivity index (χ2n) is 11.7. The number of fused-ring (bicyclic) bond motifs is 2. The lowest BCUT2D eigenvalue weighted by Crippen LogP contribution is -2.40. The number of anilines is 1. The highest BCUT2D eigenvalue weighted by Crippen LogP contribution is 2.41. The van der Waals surface area contributed by atoms with Gasteiger partial charge in [-0.25, -0.2) is 9.78 Å². The second kappa shape index (κ2) is 10.5. The molecule has 7 nitrogen and oxygen atoms in total. The second-order valence-corrected chi connectivity index (χ2v) is 12.8. The van der Waals surface area contributed by atoms with Crippen LogP contribution in [-0.4, -0.2) is 29.1 Å². The van der Waals surface area contributed by atoms with Crippen LogP contribution in [-0.2, 0) is 10.2 Å². The van der Waals surface area contributed by atoms with Crippen LogP contribution in [0.1, 0.15) is 80.2 Å². The molecule has 1 saturated carbocycles. The third-order valence-corrected chi connectivity index (χ3v) is 8.44. The maximum absolute atomic E-state index is 13.4. The van der Waals surface area contributed by atoms with E-state index >= 15 is 0 Å². The van der Waals surface area contributed by atoms with E-state index in [2.05, 4.69) is 41.8 Å². The van der Waals surface area contributed by atoms with Crippen molar-refractivity contribution in [2.75, 3.05) is 12.3 Å². The first-order valence-electron chi connectivity index (χ1n) is 13.5. The highest BCUT2D eigenvalue weighted by Gasteiger charge is 2.30. The number of carbonyl (C=O) groups excluding carboxylic acids is 2. The molecular weight excluding hydrogens is 508 g/mol. The Morgan fingerprint density at radius 2 is 1.85 bits per heavy atom. The zero-order valence-corrected chi connectivity index (χ0v) is 23.8. The maximum atomic E-state index is 13.4. The molecule has 0 saturated heterocycles. The molecule has 5 rings (SSSR count). The van der Waals surface area contributed by atoms with E-state index < -0.39 is 17.7 Å². The number of nitrogens with one attached hydrogen (secondary N) is 2. The molecule has 2 amide bonds. The summed E-state index contributed by atoms with van der Waals surface area (Å²) in [5.74, 6) is -0.236. The van der Waals surface area contributed by atoms with Crippen LogP contribution in [0, 0.1) is 0 Å². The van der Waals surface area contributed by atoms with Gasteiger partial charge in [-0.3, -0.25) is 4.79 Å². The zero-order chi connectivity index (χ0) is 27.8. The number of nitrogen functional groups attached to an aromatic ring is 1. The Morgan fingerprint density at radius 1 is 1.08 bits per heavy atom. The number of amides is 2. The minimum absolute atomic E-state index is 0.151. The molecule has 1 aliphatic rings. The Bertz CT molecular complexity index is 1530. The lowest BCUT2D eigenvalue weighted by atomic mass is 9.80. The zero-order valence-electron chi connectivity index (χ0n) is 23.0. The van der Waals surface area contributed by atoms with Gasteiger partial charge < -0.3 is 21.1 Å². The summed E-state index contributed by atoms with van der Waals surface area (Å²) in [6.45, 7) is 7.92. The van der Waals surface area contributed by atoms with Crippen molar-refractivity contribution in [3.05, 3.63) is 70.6 Å². The van der Waals surface area contributed by atoms with Gasteiger partial charge in [0, 0.05) is 23.0 Å². The van der Waals surface area contributed by atoms with Crippen LogP contribution in [0.15, 0.2) is 54.6 Å². The summed E-state index contributed by atoms with van der Waals surface area (Å²) in [6.07, 6.45) is 4.44. The lowest BCUT2D eigenvalue weighted by molar-refractivity contribution is 0.0520. The summed E-state index contributed by atoms with van der Waals surface area (Å²) < 4.78 is 5.37. The number of aromatic nitrogens is 1. The number of hydrogen-bond acceptors (Lipinski definition) is 6. The normalized spacial score (nSPS) is 15.8. The molecule has 0 radical (unpaired) electrons. The molecule has 4 N–H and O–H groups in total. The first kappa shape index (κ1) is 26.9. The Labute approximate surface area is 233 Å². The molecule has 204 valence electrons. The molecular formula is C31H36N4O3S. The fraction of sp³-hybridized carbons (Fsp3) is 0.387. The van der Waals surface area contributed by atoms with E-state index in [1.165, 1.54) is 42.6 Å². The van der Waals surface area contributed by atoms with Gasteiger partial charge in [-0.1, -0.05) is 38.0 Å². The van der Waals surface area contributed by atoms with Crippen LogP contribution in [0.4, 0.5) is 10.5 Å². The maximum Gasteiger partial charge on any atom is 0.407 e. The SMILES string of the molecule is CC(C)(C)OC(=O)NCC(NC(=O)c1cc2cc3cc(C4(C)CCCC4)ccc3nc2s1)c1cccc(N)c1. The number of thiophene rings is 1. The van der Waals surface area contributed by atoms with Crippen molar-refractivity contribution in [2.24, 2.45) is 0 Å². The summed E-state index contributed by atoms with van der Waals surface area (Å²) in [7, 11) is 0. The van der Waals surface area contributed by atoms with Crippen LogP contribution in [0.3, 0.4) is 0 Å². The Hall–Kier alpha value is -3.65. The van der Waals surface area contributed by atoms with Gasteiger partial charge in [0.2, 0.25) is 0 Å². The fourth-order valence-electron chi connectivity index (χ4n) is 5.32. The summed E-state index contributed by atoms with van der Waals surface area (Å²) in [5, 5.41) is 7.87. The van der Waals surface area contributed by atoms with Gasteiger partial charge in [0.15, 0.2) is 0 Å². The molecule has 2 heterocycles. The summed E-state index contributed by atoms with van der Waals surface area (Å²) in [5.41, 5.74) is 9.27. The van der Waals surface area contributed by atoms with Crippen molar-refractivity contribution in [1.82, 2.24) is 15.6 Å². The third kappa shape index (κ3) is 6.17. The number of ether oxygens (including phenoxy) is 1. The van der Waals surface area contributed by atoms with Crippen molar-refractivity contribution >= 4 is 50.1 Å². The number of alkyl carbamates (subject to hydrolysis) is 1. The standard InChI is InChI=1S/C31H36N4O3S/c1-30(2,3)38-29(37)33-18-25(19-8-7-9-23(32)16-19)34-27(36)26-17-21-14-20-15-22(31(4)12-5-6-13-31)10-11-24(20)35-28(21)39-26/h7-11,14-17,25H,5-6,12-13,18,32H2,1-4H3,(H,33,37)(H,34,36). The molecule has 1 fully saturated rings. The average molecular weight is 545 g/mol. The number of nitrogens with two attached hydrogens (primary N) is 1. The van der Waals surface area contributed by atoms with E-state index in [0.717, 1.165) is 26.7 Å². The Kier molecular flexibility index (Phi) is 7.25. The summed E-state index contributed by atoms with van der Waals surface area (Å²) in [6, 6.07) is 17.4. The van der Waals surface area contributed by atoms with Gasteiger partial charge >= 0.3 is 6.09 Å². The molecule has 39 heavy (non-hydrogen) atoms. The van der Waals surface area contributed by atoms with Crippen molar-refractivity contribution in [3.8, 4) is 0 Å². The minimum atomic E-state index is -0.622. The van der Waals surface area contributed by atoms with Crippen LogP contribution in [0.25, 0.3) is 21.1 Å². The Balaban J connectivity index is 1.38. The average Bonchev–Trinajstić information content (AvgIpc) is 3.50. The predicted octanol–water partition coefficient (Wildman–Crippen LogP) is 6.86. The smallest absolute Gasteiger partial charge is 0.407 e. The van der Waals surface area contributed by atoms with E-state index in [-0.39, 0.29) is 17.9 Å². The first-order valence-corrected chi connectivity index (χ1v) is 14.3. The predicted molar refractivity (Wildman–Crippen MR) is 158 cm³/mol. The topological polar surface area (TPSA) is 106 Å². The van der Waals surface area contributed by atoms with Gasteiger partial charge in [-0.2, -0.15) is 0 Å². The van der Waals surface area contributed by atoms with E-state index in [1.54, 1.807) is 32.9 Å². The van der Waals surface area contributed by atoms with Crippen molar-refractivity contribution in [2.45, 2.75) is 70.4 Å². The molecule has 1 aliphatic carbocycles.